The first-order valence-corrected chi connectivity index (χ1v) is 12.9. The van der Waals surface area contributed by atoms with Gasteiger partial charge in [-0.25, -0.2) is 0 Å². The third-order valence-electron chi connectivity index (χ3n) is 6.68. The molecule has 0 aromatic heterocycles. The van der Waals surface area contributed by atoms with Gasteiger partial charge in [-0.05, 0) is 96.0 Å². The summed E-state index contributed by atoms with van der Waals surface area (Å²) in [6.45, 7) is 2.79. The number of hydrogen-bond acceptors (Lipinski definition) is 6. The highest BCUT2D eigenvalue weighted by atomic mass is 16.6. The zero-order valence-electron chi connectivity index (χ0n) is 22.3. The number of fused-ring (bicyclic) bond motifs is 4. The van der Waals surface area contributed by atoms with Crippen LogP contribution in [0.3, 0.4) is 0 Å². The van der Waals surface area contributed by atoms with Gasteiger partial charge in [0.05, 0.1) is 7.11 Å². The fraction of sp³-hybridized carbons (Fsp3) is 0.212. The predicted molar refractivity (Wildman–Crippen MR) is 149 cm³/mol. The van der Waals surface area contributed by atoms with E-state index in [2.05, 4.69) is 12.1 Å². The van der Waals surface area contributed by atoms with Crippen LogP contribution in [-0.4, -0.2) is 19.0 Å². The van der Waals surface area contributed by atoms with Gasteiger partial charge in [0, 0.05) is 19.4 Å². The Morgan fingerprint density at radius 2 is 1.33 bits per heavy atom. The minimum absolute atomic E-state index is 0.367. The SMILES string of the molecule is COc1ccc2c(c1)CCc1cccc(c1)Oc1cc(ccc1OC(C)=O)CCc1ccc-2c(OC(C)=O)c1. The van der Waals surface area contributed by atoms with Crippen LogP contribution >= 0.6 is 0 Å². The first-order valence-electron chi connectivity index (χ1n) is 12.9. The maximum Gasteiger partial charge on any atom is 0.308 e. The van der Waals surface area contributed by atoms with Gasteiger partial charge in [-0.3, -0.25) is 9.59 Å². The number of carbonyl (C=O) groups is 2. The average molecular weight is 523 g/mol. The van der Waals surface area contributed by atoms with E-state index < -0.39 is 5.97 Å². The van der Waals surface area contributed by atoms with E-state index in [1.807, 2.05) is 60.7 Å². The lowest BCUT2D eigenvalue weighted by molar-refractivity contribution is -0.132. The Balaban J connectivity index is 1.63. The van der Waals surface area contributed by atoms with Crippen LogP contribution in [0.4, 0.5) is 0 Å². The second-order valence-electron chi connectivity index (χ2n) is 9.57. The minimum atomic E-state index is -0.410. The number of carbonyl (C=O) groups excluding carboxylic acids is 2. The molecule has 6 rings (SSSR count). The van der Waals surface area contributed by atoms with Gasteiger partial charge in [0.25, 0.3) is 0 Å². The number of methoxy groups -OCH3 is 1. The highest BCUT2D eigenvalue weighted by molar-refractivity contribution is 5.79. The predicted octanol–water partition coefficient (Wildman–Crippen LogP) is 6.89. The van der Waals surface area contributed by atoms with Gasteiger partial charge >= 0.3 is 11.9 Å². The summed E-state index contributed by atoms with van der Waals surface area (Å²) in [5.74, 6) is 2.04. The summed E-state index contributed by atoms with van der Waals surface area (Å²) in [6, 6.07) is 25.5. The van der Waals surface area contributed by atoms with Crippen molar-refractivity contribution in [1.82, 2.24) is 0 Å². The molecule has 0 aliphatic carbocycles. The van der Waals surface area contributed by atoms with Crippen molar-refractivity contribution in [2.45, 2.75) is 39.5 Å². The molecule has 0 radical (unpaired) electrons. The summed E-state index contributed by atoms with van der Waals surface area (Å²) in [7, 11) is 1.65. The molecule has 0 atom stereocenters. The van der Waals surface area contributed by atoms with Gasteiger partial charge in [0.15, 0.2) is 11.5 Å². The number of aryl methyl sites for hydroxylation is 4. The Morgan fingerprint density at radius 3 is 2.10 bits per heavy atom. The number of esters is 2. The van der Waals surface area contributed by atoms with E-state index >= 15 is 0 Å². The van der Waals surface area contributed by atoms with Crippen LogP contribution in [0.5, 0.6) is 28.7 Å². The minimum Gasteiger partial charge on any atom is -0.497 e. The van der Waals surface area contributed by atoms with Gasteiger partial charge < -0.3 is 18.9 Å². The highest BCUT2D eigenvalue weighted by Crippen LogP contribution is 2.38. The zero-order valence-corrected chi connectivity index (χ0v) is 22.3. The summed E-state index contributed by atoms with van der Waals surface area (Å²) in [4.78, 5) is 23.8. The molecule has 0 N–H and O–H groups in total. The van der Waals surface area contributed by atoms with Crippen LogP contribution in [0.2, 0.25) is 0 Å². The molecular weight excluding hydrogens is 492 g/mol. The molecule has 2 aliphatic heterocycles. The Morgan fingerprint density at radius 1 is 0.667 bits per heavy atom. The van der Waals surface area contributed by atoms with E-state index in [9.17, 15) is 9.59 Å². The van der Waals surface area contributed by atoms with Crippen molar-refractivity contribution in [2.24, 2.45) is 0 Å². The molecule has 198 valence electrons. The molecule has 6 nitrogen and oxygen atoms in total. The van der Waals surface area contributed by atoms with Crippen molar-refractivity contribution in [1.29, 1.82) is 0 Å². The van der Waals surface area contributed by atoms with Gasteiger partial charge in [0.1, 0.15) is 17.2 Å². The summed E-state index contributed by atoms with van der Waals surface area (Å²) in [5, 5.41) is 0. The normalized spacial score (nSPS) is 12.5. The number of hydrogen-bond donors (Lipinski definition) is 0. The van der Waals surface area contributed by atoms with Crippen LogP contribution in [0.25, 0.3) is 11.1 Å². The number of rotatable bonds is 3. The molecule has 6 heteroatoms. The van der Waals surface area contributed by atoms with Crippen molar-refractivity contribution < 1.29 is 28.5 Å². The third-order valence-corrected chi connectivity index (χ3v) is 6.68. The second-order valence-corrected chi connectivity index (χ2v) is 9.57. The Bertz CT molecular complexity index is 1540. The molecule has 2 aliphatic rings. The molecule has 0 saturated heterocycles. The summed E-state index contributed by atoms with van der Waals surface area (Å²) >= 11 is 0. The topological polar surface area (TPSA) is 71.1 Å². The van der Waals surface area contributed by atoms with Gasteiger partial charge in [0.2, 0.25) is 0 Å². The van der Waals surface area contributed by atoms with Crippen molar-refractivity contribution in [3.05, 3.63) is 101 Å². The molecule has 2 heterocycles. The summed E-state index contributed by atoms with van der Waals surface area (Å²) < 4.78 is 22.9. The van der Waals surface area contributed by atoms with Crippen molar-refractivity contribution in [3.8, 4) is 39.9 Å². The lowest BCUT2D eigenvalue weighted by Gasteiger charge is -2.16. The van der Waals surface area contributed by atoms with E-state index in [1.165, 1.54) is 13.8 Å². The molecule has 6 bridgehead atoms. The molecule has 4 aromatic carbocycles. The van der Waals surface area contributed by atoms with E-state index in [1.54, 1.807) is 13.2 Å². The van der Waals surface area contributed by atoms with E-state index in [4.69, 9.17) is 18.9 Å². The van der Waals surface area contributed by atoms with Crippen LogP contribution in [0, 0.1) is 0 Å². The average Bonchev–Trinajstić information content (AvgIpc) is 2.91. The van der Waals surface area contributed by atoms with Crippen molar-refractivity contribution >= 4 is 11.9 Å². The molecule has 4 aromatic rings. The molecule has 0 fully saturated rings. The van der Waals surface area contributed by atoms with Crippen LogP contribution in [-0.2, 0) is 35.3 Å². The van der Waals surface area contributed by atoms with Gasteiger partial charge in [-0.15, -0.1) is 0 Å². The van der Waals surface area contributed by atoms with E-state index in [0.29, 0.717) is 35.8 Å². The lowest BCUT2D eigenvalue weighted by atomic mass is 9.93. The second kappa shape index (κ2) is 11.4. The fourth-order valence-electron chi connectivity index (χ4n) is 4.84. The quantitative estimate of drug-likeness (QED) is 0.216. The summed E-state index contributed by atoms with van der Waals surface area (Å²) in [6.07, 6.45) is 2.90. The maximum atomic E-state index is 12.0. The Hall–Kier alpha value is -4.58. The molecule has 0 amide bonds. The fourth-order valence-corrected chi connectivity index (χ4v) is 4.84. The van der Waals surface area contributed by atoms with Crippen LogP contribution in [0.1, 0.15) is 36.1 Å². The van der Waals surface area contributed by atoms with Crippen molar-refractivity contribution in [3.63, 3.8) is 0 Å². The van der Waals surface area contributed by atoms with Gasteiger partial charge in [-0.1, -0.05) is 36.4 Å². The molecule has 39 heavy (non-hydrogen) atoms. The lowest BCUT2D eigenvalue weighted by Crippen LogP contribution is -2.05. The first-order chi connectivity index (χ1) is 18.9. The zero-order chi connectivity index (χ0) is 27.4. The standard InChI is InChI=1S/C33H30O6/c1-21(34)37-31-16-11-25-8-7-24-10-14-30(32(18-24)38-22(2)35)29-15-13-27(36-3)20-26(29)12-9-23-5-4-6-28(17-23)39-33(31)19-25/h4-6,10-11,13-20H,7-9,12H2,1-3H3. The maximum absolute atomic E-state index is 12.0. The smallest absolute Gasteiger partial charge is 0.308 e. The monoisotopic (exact) mass is 522 g/mol. The molecule has 0 saturated carbocycles. The molecule has 0 spiro atoms. The molecular formula is C33H30O6. The summed E-state index contributed by atoms with van der Waals surface area (Å²) in [5.41, 5.74) is 6.08. The Labute approximate surface area is 228 Å². The van der Waals surface area contributed by atoms with Crippen LogP contribution in [0.15, 0.2) is 78.9 Å². The van der Waals surface area contributed by atoms with E-state index in [-0.39, 0.29) is 5.97 Å². The Kier molecular flexibility index (Phi) is 7.64. The van der Waals surface area contributed by atoms with Crippen molar-refractivity contribution in [2.75, 3.05) is 7.11 Å². The van der Waals surface area contributed by atoms with Gasteiger partial charge in [-0.2, -0.15) is 0 Å². The first kappa shape index (κ1) is 26.0. The largest absolute Gasteiger partial charge is 0.497 e. The molecule has 0 unspecified atom stereocenters. The highest BCUT2D eigenvalue weighted by Gasteiger charge is 2.16. The third kappa shape index (κ3) is 6.29. The van der Waals surface area contributed by atoms with E-state index in [0.717, 1.165) is 52.0 Å². The van der Waals surface area contributed by atoms with Crippen LogP contribution < -0.4 is 18.9 Å². The number of ether oxygens (including phenoxy) is 4. The number of benzene rings is 4.